The predicted molar refractivity (Wildman–Crippen MR) is 249 cm³/mol. The summed E-state index contributed by atoms with van der Waals surface area (Å²) in [4.78, 5) is 1.90. The van der Waals surface area contributed by atoms with E-state index in [0.29, 0.717) is 11.4 Å². The molecule has 3 heteroatoms. The molecule has 3 nitrogen and oxygen atoms in total. The van der Waals surface area contributed by atoms with Gasteiger partial charge in [0.25, 0.3) is 0 Å². The van der Waals surface area contributed by atoms with E-state index in [0.717, 1.165) is 82.2 Å². The van der Waals surface area contributed by atoms with Gasteiger partial charge in [-0.3, -0.25) is 0 Å². The molecule has 12 rings (SSSR count). The van der Waals surface area contributed by atoms with E-state index in [1.165, 1.54) is 5.39 Å². The van der Waals surface area contributed by atoms with Crippen molar-refractivity contribution in [3.05, 3.63) is 218 Å². The number of nitrogens with zero attached hydrogens (tertiary/aromatic N) is 2. The van der Waals surface area contributed by atoms with E-state index in [-0.39, 0.29) is 35.5 Å². The Hall–Kier alpha value is -7.88. The van der Waals surface area contributed by atoms with Gasteiger partial charge in [0.2, 0.25) is 0 Å². The second kappa shape index (κ2) is 13.4. The van der Waals surface area contributed by atoms with Gasteiger partial charge in [-0.15, -0.1) is 0 Å². The Morgan fingerprint density at radius 2 is 1.00 bits per heavy atom. The summed E-state index contributed by atoms with van der Waals surface area (Å²) in [6.07, 6.45) is 0. The van der Waals surface area contributed by atoms with Crippen molar-refractivity contribution in [1.29, 1.82) is 0 Å². The number of para-hydroxylation sites is 4. The topological polar surface area (TPSA) is 21.3 Å². The summed E-state index contributed by atoms with van der Waals surface area (Å²) >= 11 is 0. The van der Waals surface area contributed by atoms with Crippen LogP contribution in [-0.2, 0) is 0 Å². The number of hydrogen-bond donors (Lipinski definition) is 0. The summed E-state index contributed by atoms with van der Waals surface area (Å²) in [7, 11) is 0. The van der Waals surface area contributed by atoms with Gasteiger partial charge in [-0.05, 0) is 106 Å². The molecule has 2 heterocycles. The van der Waals surface area contributed by atoms with E-state index in [4.69, 9.17) is 4.42 Å². The zero-order valence-corrected chi connectivity index (χ0v) is 31.8. The van der Waals surface area contributed by atoms with Crippen LogP contribution in [0.15, 0.2) is 223 Å². The van der Waals surface area contributed by atoms with Crippen molar-refractivity contribution in [3.63, 3.8) is 0 Å². The van der Waals surface area contributed by atoms with Crippen molar-refractivity contribution in [1.82, 2.24) is 4.57 Å². The molecule has 0 aliphatic heterocycles. The average Bonchev–Trinajstić information content (AvgIpc) is 3.88. The predicted octanol–water partition coefficient (Wildman–Crippen LogP) is 15.8. The normalized spacial score (nSPS) is 12.7. The van der Waals surface area contributed by atoms with Crippen molar-refractivity contribution < 1.29 is 9.90 Å². The SMILES string of the molecule is [2H]c1c([2H])c(-n2c3ccccc3c3ccccc32)c([2H])c([2H])c1N(c1ccc(-c2ccc3ccccc3c2)cc1)c1ccccc1-c1cccc2c1ccc1c3ccccc3oc21. The molecule has 0 aliphatic rings. The van der Waals surface area contributed by atoms with Gasteiger partial charge >= 0.3 is 0 Å². The Morgan fingerprint density at radius 3 is 1.80 bits per heavy atom. The smallest absolute Gasteiger partial charge is 0.143 e. The molecule has 10 aromatic carbocycles. The zero-order chi connectivity index (χ0) is 42.3. The highest BCUT2D eigenvalue weighted by Gasteiger charge is 2.21. The number of aromatic nitrogens is 1. The Bertz CT molecular complexity index is 3730. The summed E-state index contributed by atoms with van der Waals surface area (Å²) in [5, 5.41) is 8.35. The van der Waals surface area contributed by atoms with E-state index in [2.05, 4.69) is 78.9 Å². The first-order valence-corrected chi connectivity index (χ1v) is 19.9. The maximum Gasteiger partial charge on any atom is 0.143 e. The first kappa shape index (κ1) is 29.4. The molecule has 276 valence electrons. The maximum absolute atomic E-state index is 9.87. The lowest BCUT2D eigenvalue weighted by molar-refractivity contribution is 0.672. The van der Waals surface area contributed by atoms with Gasteiger partial charge in [0.1, 0.15) is 11.2 Å². The Kier molecular flexibility index (Phi) is 6.65. The minimum absolute atomic E-state index is 0.134. The molecule has 2 aromatic heterocycles. The van der Waals surface area contributed by atoms with Crippen molar-refractivity contribution in [3.8, 4) is 27.9 Å². The van der Waals surface area contributed by atoms with Crippen molar-refractivity contribution in [2.45, 2.75) is 0 Å². The van der Waals surface area contributed by atoms with Crippen LogP contribution in [0.4, 0.5) is 17.1 Å². The standard InChI is InChI=1S/C56H36N2O/c1-2-13-39-36-40(25-24-37(39)12-1)38-26-28-41(29-27-38)57(42-30-32-43(33-31-42)58-53-21-8-4-15-47(53)48-16-5-9-22-54(48)58)52-20-7-3-14-46(52)44-18-11-19-50-45(44)34-35-51-49-17-6-10-23-55(49)59-56(50)51/h1-36H/i30D,31D,32D,33D. The molecule has 0 N–H and O–H groups in total. The van der Waals surface area contributed by atoms with Crippen LogP contribution in [0.5, 0.6) is 0 Å². The van der Waals surface area contributed by atoms with Gasteiger partial charge in [0, 0.05) is 49.6 Å². The minimum atomic E-state index is -0.150. The number of benzene rings is 10. The van der Waals surface area contributed by atoms with Gasteiger partial charge in [-0.2, -0.15) is 0 Å². The van der Waals surface area contributed by atoms with Crippen LogP contribution in [0.2, 0.25) is 0 Å². The lowest BCUT2D eigenvalue weighted by atomic mass is 9.94. The lowest BCUT2D eigenvalue weighted by Gasteiger charge is -2.28. The molecule has 0 amide bonds. The van der Waals surface area contributed by atoms with Crippen LogP contribution in [0, 0.1) is 0 Å². The molecule has 0 aliphatic carbocycles. The van der Waals surface area contributed by atoms with E-state index in [1.807, 2.05) is 125 Å². The summed E-state index contributed by atoms with van der Waals surface area (Å²) in [5.41, 5.74) is 8.92. The van der Waals surface area contributed by atoms with E-state index in [9.17, 15) is 5.48 Å². The summed E-state index contributed by atoms with van der Waals surface area (Å²) in [6.45, 7) is 0. The summed E-state index contributed by atoms with van der Waals surface area (Å²) < 4.78 is 47.6. The highest BCUT2D eigenvalue weighted by molar-refractivity contribution is 6.18. The molecule has 12 aromatic rings. The van der Waals surface area contributed by atoms with Gasteiger partial charge in [0.15, 0.2) is 0 Å². The quantitative estimate of drug-likeness (QED) is 0.168. The van der Waals surface area contributed by atoms with Gasteiger partial charge < -0.3 is 13.9 Å². The summed E-state index contributed by atoms with van der Waals surface area (Å²) in [5.74, 6) is 0. The molecular weight excluding hydrogens is 717 g/mol. The Morgan fingerprint density at radius 1 is 0.407 bits per heavy atom. The van der Waals surface area contributed by atoms with Crippen molar-refractivity contribution in [2.75, 3.05) is 4.90 Å². The van der Waals surface area contributed by atoms with Crippen LogP contribution in [-0.4, -0.2) is 4.57 Å². The van der Waals surface area contributed by atoms with Crippen LogP contribution in [0.25, 0.3) is 93.2 Å². The highest BCUT2D eigenvalue weighted by atomic mass is 16.3. The van der Waals surface area contributed by atoms with E-state index in [1.54, 1.807) is 0 Å². The second-order valence-electron chi connectivity index (χ2n) is 15.0. The number of anilines is 3. The molecule has 0 unspecified atom stereocenters. The van der Waals surface area contributed by atoms with Gasteiger partial charge in [-0.1, -0.05) is 146 Å². The monoisotopic (exact) mass is 756 g/mol. The summed E-state index contributed by atoms with van der Waals surface area (Å²) in [6, 6.07) is 64.8. The van der Waals surface area contributed by atoms with Crippen LogP contribution >= 0.6 is 0 Å². The van der Waals surface area contributed by atoms with Crippen molar-refractivity contribution in [2.24, 2.45) is 0 Å². The highest BCUT2D eigenvalue weighted by Crippen LogP contribution is 2.45. The zero-order valence-electron chi connectivity index (χ0n) is 35.8. The fraction of sp³-hybridized carbons (Fsp3) is 0. The largest absolute Gasteiger partial charge is 0.455 e. The average molecular weight is 757 g/mol. The van der Waals surface area contributed by atoms with E-state index < -0.39 is 0 Å². The van der Waals surface area contributed by atoms with Crippen molar-refractivity contribution >= 4 is 82.4 Å². The third-order valence-corrected chi connectivity index (χ3v) is 11.7. The molecule has 59 heavy (non-hydrogen) atoms. The third kappa shape index (κ3) is 5.36. The molecule has 0 fully saturated rings. The fourth-order valence-electron chi connectivity index (χ4n) is 8.92. The fourth-order valence-corrected chi connectivity index (χ4v) is 8.92. The lowest BCUT2D eigenvalue weighted by Crippen LogP contribution is -2.11. The number of furan rings is 1. The van der Waals surface area contributed by atoms with E-state index >= 15 is 0 Å². The van der Waals surface area contributed by atoms with Gasteiger partial charge in [-0.25, -0.2) is 0 Å². The molecule has 0 bridgehead atoms. The molecule has 0 atom stereocenters. The first-order chi connectivity index (χ1) is 30.9. The molecular formula is C56H36N2O. The Labute approximate surface area is 346 Å². The number of fused-ring (bicyclic) bond motifs is 9. The molecule has 0 saturated carbocycles. The van der Waals surface area contributed by atoms with Crippen LogP contribution in [0.3, 0.4) is 0 Å². The van der Waals surface area contributed by atoms with Crippen LogP contribution < -0.4 is 4.90 Å². The maximum atomic E-state index is 9.87. The first-order valence-electron chi connectivity index (χ1n) is 21.9. The van der Waals surface area contributed by atoms with Gasteiger partial charge in [0.05, 0.1) is 22.2 Å². The molecule has 0 saturated heterocycles. The molecule has 0 spiro atoms. The number of hydrogen-bond acceptors (Lipinski definition) is 2. The second-order valence-corrected chi connectivity index (χ2v) is 15.0. The third-order valence-electron chi connectivity index (χ3n) is 11.7. The minimum Gasteiger partial charge on any atom is -0.455 e. The van der Waals surface area contributed by atoms with Crippen LogP contribution in [0.1, 0.15) is 5.48 Å². The number of rotatable bonds is 6. The molecule has 0 radical (unpaired) electrons. The Balaban J connectivity index is 1.09.